The number of aromatic nitrogens is 1. The van der Waals surface area contributed by atoms with Crippen molar-refractivity contribution in [2.24, 2.45) is 0 Å². The van der Waals surface area contributed by atoms with Crippen LogP contribution in [0.1, 0.15) is 40.9 Å². The van der Waals surface area contributed by atoms with Crippen LogP contribution in [0.4, 0.5) is 19.0 Å². The molecular formula is C18H25F3N4O4S. The number of rotatable bonds is 2. The van der Waals surface area contributed by atoms with Gasteiger partial charge in [0.25, 0.3) is 5.91 Å². The highest BCUT2D eigenvalue weighted by atomic mass is 32.1. The van der Waals surface area contributed by atoms with E-state index in [0.717, 1.165) is 43.6 Å². The Kier molecular flexibility index (Phi) is 7.81. The molecule has 1 aromatic heterocycles. The van der Waals surface area contributed by atoms with Gasteiger partial charge in [-0.2, -0.15) is 13.2 Å². The first kappa shape index (κ1) is 24.1. The number of halogens is 3. The Morgan fingerprint density at radius 1 is 1.17 bits per heavy atom. The molecule has 2 aliphatic rings. The fourth-order valence-electron chi connectivity index (χ4n) is 3.34. The predicted molar refractivity (Wildman–Crippen MR) is 105 cm³/mol. The molecule has 0 bridgehead atoms. The summed E-state index contributed by atoms with van der Waals surface area (Å²) in [5.41, 5.74) is 0. The number of carbonyl (C=O) groups is 3. The Balaban J connectivity index is 0.000000396. The number of thiazole rings is 1. The van der Waals surface area contributed by atoms with E-state index in [-0.39, 0.29) is 11.8 Å². The summed E-state index contributed by atoms with van der Waals surface area (Å²) in [4.78, 5) is 44.8. The maximum atomic E-state index is 12.7. The molecule has 30 heavy (non-hydrogen) atoms. The van der Waals surface area contributed by atoms with Gasteiger partial charge in [0.1, 0.15) is 5.82 Å². The van der Waals surface area contributed by atoms with E-state index < -0.39 is 12.1 Å². The number of hydrogen-bond donors (Lipinski definition) is 1. The molecule has 0 spiro atoms. The first-order valence-electron chi connectivity index (χ1n) is 9.45. The number of nitrogens with zero attached hydrogens (tertiary/aromatic N) is 4. The second kappa shape index (κ2) is 9.73. The summed E-state index contributed by atoms with van der Waals surface area (Å²) in [7, 11) is 4.18. The Morgan fingerprint density at radius 2 is 1.73 bits per heavy atom. The van der Waals surface area contributed by atoms with Crippen LogP contribution < -0.4 is 4.90 Å². The zero-order chi connectivity index (χ0) is 22.6. The monoisotopic (exact) mass is 450 g/mol. The molecule has 0 unspecified atom stereocenters. The Labute approximate surface area is 176 Å². The SMILES string of the molecule is CC(=O)N1CCCc2sc(C(=O)N3CCC(N(C)C)CC3)nc21.O=C(O)C(F)(F)F. The van der Waals surface area contributed by atoms with Crippen molar-refractivity contribution in [1.29, 1.82) is 0 Å². The van der Waals surface area contributed by atoms with Gasteiger partial charge in [0.05, 0.1) is 0 Å². The quantitative estimate of drug-likeness (QED) is 0.743. The second-order valence-electron chi connectivity index (χ2n) is 7.33. The zero-order valence-corrected chi connectivity index (χ0v) is 17.8. The van der Waals surface area contributed by atoms with Crippen molar-refractivity contribution in [2.75, 3.05) is 38.6 Å². The van der Waals surface area contributed by atoms with Crippen molar-refractivity contribution >= 4 is 34.9 Å². The lowest BCUT2D eigenvalue weighted by molar-refractivity contribution is -0.192. The van der Waals surface area contributed by atoms with Crippen LogP contribution in [0, 0.1) is 0 Å². The van der Waals surface area contributed by atoms with E-state index in [0.29, 0.717) is 23.4 Å². The summed E-state index contributed by atoms with van der Waals surface area (Å²) in [6.45, 7) is 3.82. The molecule has 168 valence electrons. The third kappa shape index (κ3) is 5.91. The van der Waals surface area contributed by atoms with E-state index in [1.807, 2.05) is 4.90 Å². The minimum absolute atomic E-state index is 0.00189. The number of amides is 2. The second-order valence-corrected chi connectivity index (χ2v) is 8.41. The molecule has 3 heterocycles. The fourth-order valence-corrected chi connectivity index (χ4v) is 4.42. The van der Waals surface area contributed by atoms with Gasteiger partial charge >= 0.3 is 12.1 Å². The van der Waals surface area contributed by atoms with Gasteiger partial charge < -0.3 is 14.9 Å². The van der Waals surface area contributed by atoms with Gasteiger partial charge in [0, 0.05) is 37.5 Å². The van der Waals surface area contributed by atoms with Crippen LogP contribution in [-0.4, -0.2) is 83.6 Å². The predicted octanol–water partition coefficient (Wildman–Crippen LogP) is 2.24. The highest BCUT2D eigenvalue weighted by Crippen LogP contribution is 2.32. The number of aryl methyl sites for hydroxylation is 1. The maximum absolute atomic E-state index is 12.7. The Morgan fingerprint density at radius 3 is 2.20 bits per heavy atom. The van der Waals surface area contributed by atoms with Crippen molar-refractivity contribution in [2.45, 2.75) is 44.8 Å². The fraction of sp³-hybridized carbons (Fsp3) is 0.667. The summed E-state index contributed by atoms with van der Waals surface area (Å²) in [5, 5.41) is 7.66. The number of aliphatic carboxylic acids is 1. The molecule has 2 aliphatic heterocycles. The molecule has 1 fully saturated rings. The zero-order valence-electron chi connectivity index (χ0n) is 17.0. The largest absolute Gasteiger partial charge is 0.490 e. The third-order valence-corrected chi connectivity index (χ3v) is 6.10. The molecule has 0 aromatic carbocycles. The van der Waals surface area contributed by atoms with E-state index in [1.165, 1.54) is 11.3 Å². The lowest BCUT2D eigenvalue weighted by Gasteiger charge is -2.34. The van der Waals surface area contributed by atoms with Crippen molar-refractivity contribution < 1.29 is 32.7 Å². The number of carboxylic acids is 1. The van der Waals surface area contributed by atoms with Crippen LogP contribution in [0.15, 0.2) is 0 Å². The van der Waals surface area contributed by atoms with Crippen LogP contribution in [0.3, 0.4) is 0 Å². The van der Waals surface area contributed by atoms with E-state index in [1.54, 1.807) is 11.8 Å². The summed E-state index contributed by atoms with van der Waals surface area (Å²) in [6, 6.07) is 0.553. The molecule has 8 nitrogen and oxygen atoms in total. The minimum atomic E-state index is -5.08. The Bertz CT molecular complexity index is 789. The molecule has 1 N–H and O–H groups in total. The van der Waals surface area contributed by atoms with Crippen molar-refractivity contribution in [1.82, 2.24) is 14.8 Å². The van der Waals surface area contributed by atoms with Crippen molar-refractivity contribution in [3.8, 4) is 0 Å². The van der Waals surface area contributed by atoms with E-state index in [4.69, 9.17) is 9.90 Å². The molecule has 0 saturated carbocycles. The van der Waals surface area contributed by atoms with Gasteiger partial charge in [-0.05, 0) is 39.8 Å². The van der Waals surface area contributed by atoms with Gasteiger partial charge in [-0.1, -0.05) is 0 Å². The van der Waals surface area contributed by atoms with E-state index in [9.17, 15) is 22.8 Å². The lowest BCUT2D eigenvalue weighted by Crippen LogP contribution is -2.44. The number of alkyl halides is 3. The normalized spacial score (nSPS) is 17.3. The highest BCUT2D eigenvalue weighted by molar-refractivity contribution is 7.14. The number of anilines is 1. The average Bonchev–Trinajstić information content (AvgIpc) is 3.11. The van der Waals surface area contributed by atoms with Gasteiger partial charge in [0.2, 0.25) is 5.91 Å². The average molecular weight is 450 g/mol. The first-order chi connectivity index (χ1) is 13.9. The van der Waals surface area contributed by atoms with Gasteiger partial charge in [-0.15, -0.1) is 11.3 Å². The van der Waals surface area contributed by atoms with Gasteiger partial charge in [-0.25, -0.2) is 9.78 Å². The van der Waals surface area contributed by atoms with Gasteiger partial charge in [-0.3, -0.25) is 14.5 Å². The number of fused-ring (bicyclic) bond motifs is 1. The lowest BCUT2D eigenvalue weighted by atomic mass is 10.0. The summed E-state index contributed by atoms with van der Waals surface area (Å²) >= 11 is 1.46. The van der Waals surface area contributed by atoms with E-state index in [2.05, 4.69) is 24.0 Å². The highest BCUT2D eigenvalue weighted by Gasteiger charge is 2.38. The molecule has 2 amide bonds. The molecule has 1 saturated heterocycles. The molecule has 0 atom stereocenters. The smallest absolute Gasteiger partial charge is 0.475 e. The third-order valence-electron chi connectivity index (χ3n) is 5.01. The van der Waals surface area contributed by atoms with E-state index >= 15 is 0 Å². The topological polar surface area (TPSA) is 94.1 Å². The Hall–Kier alpha value is -2.21. The molecule has 0 radical (unpaired) electrons. The van der Waals surface area contributed by atoms with Crippen molar-refractivity contribution in [3.63, 3.8) is 0 Å². The van der Waals surface area contributed by atoms with Crippen molar-refractivity contribution in [3.05, 3.63) is 9.88 Å². The standard InChI is InChI=1S/C16H24N4O2S.C2HF3O2/c1-11(21)20-8-4-5-13-14(20)17-15(23-13)16(22)19-9-6-12(7-10-19)18(2)3;3-2(4,5)1(6)7/h12H,4-10H2,1-3H3;(H,6,7). The summed E-state index contributed by atoms with van der Waals surface area (Å²) in [5.74, 6) is -2.03. The molecule has 12 heteroatoms. The molecule has 1 aromatic rings. The van der Waals surface area contributed by atoms with Crippen LogP contribution in [-0.2, 0) is 16.0 Å². The van der Waals surface area contributed by atoms with Crippen LogP contribution in [0.2, 0.25) is 0 Å². The number of piperidine rings is 1. The van der Waals surface area contributed by atoms with Crippen LogP contribution >= 0.6 is 11.3 Å². The molecular weight excluding hydrogens is 425 g/mol. The van der Waals surface area contributed by atoms with Crippen LogP contribution in [0.25, 0.3) is 0 Å². The first-order valence-corrected chi connectivity index (χ1v) is 10.3. The number of carbonyl (C=O) groups excluding carboxylic acids is 2. The van der Waals surface area contributed by atoms with Crippen LogP contribution in [0.5, 0.6) is 0 Å². The summed E-state index contributed by atoms with van der Waals surface area (Å²) in [6.07, 6.45) is -1.23. The number of hydrogen-bond acceptors (Lipinski definition) is 6. The number of carboxylic acid groups (broad SMARTS) is 1. The van der Waals surface area contributed by atoms with Gasteiger partial charge in [0.15, 0.2) is 5.01 Å². The minimum Gasteiger partial charge on any atom is -0.475 e. The molecule has 3 rings (SSSR count). The number of likely N-dealkylation sites (tertiary alicyclic amines) is 1. The molecule has 0 aliphatic carbocycles. The summed E-state index contributed by atoms with van der Waals surface area (Å²) < 4.78 is 31.7. The maximum Gasteiger partial charge on any atom is 0.490 e.